The second kappa shape index (κ2) is 9.32. The summed E-state index contributed by atoms with van der Waals surface area (Å²) < 4.78 is 5.16. The maximum Gasteiger partial charge on any atom is 0.255 e. The van der Waals surface area contributed by atoms with Crippen molar-refractivity contribution in [1.29, 1.82) is 0 Å². The molecular weight excluding hydrogens is 505 g/mol. The number of aliphatic hydroxyl groups is 3. The minimum Gasteiger partial charge on any atom is -0.508 e. The van der Waals surface area contributed by atoms with Crippen LogP contribution in [0.3, 0.4) is 0 Å². The van der Waals surface area contributed by atoms with Crippen molar-refractivity contribution in [2.45, 2.75) is 24.5 Å². The number of benzene rings is 1. The molecule has 3 radical (unpaired) electrons. The number of carbonyl (C=O) groups excluding carboxylic acids is 3. The fourth-order valence-electron chi connectivity index (χ4n) is 6.33. The number of nitrogens with two attached hydrogens (primary N) is 1. The molecule has 5 rings (SSSR count). The van der Waals surface area contributed by atoms with Crippen molar-refractivity contribution in [3.8, 4) is 16.9 Å². The molecule has 1 aromatic heterocycles. The van der Waals surface area contributed by atoms with E-state index in [1.165, 1.54) is 17.4 Å². The molecule has 1 fully saturated rings. The summed E-state index contributed by atoms with van der Waals surface area (Å²) >= 11 is 0. The van der Waals surface area contributed by atoms with Gasteiger partial charge in [-0.1, -0.05) is 0 Å². The quantitative estimate of drug-likeness (QED) is 0.280. The monoisotopic (exact) mass is 534 g/mol. The van der Waals surface area contributed by atoms with E-state index in [4.69, 9.17) is 10.2 Å². The van der Waals surface area contributed by atoms with Crippen LogP contribution in [0.5, 0.6) is 5.75 Å². The molecule has 0 bridgehead atoms. The van der Waals surface area contributed by atoms with E-state index in [0.29, 0.717) is 22.4 Å². The van der Waals surface area contributed by atoms with E-state index in [0.717, 1.165) is 0 Å². The maximum absolute atomic E-state index is 14.0. The van der Waals surface area contributed by atoms with Gasteiger partial charge in [-0.25, -0.2) is 0 Å². The lowest BCUT2D eigenvalue weighted by Gasteiger charge is -2.50. The maximum atomic E-state index is 14.0. The van der Waals surface area contributed by atoms with Crippen LogP contribution >= 0.6 is 0 Å². The minimum absolute atomic E-state index is 0. The Balaban J connectivity index is 0.00000353. The Labute approximate surface area is 226 Å². The third kappa shape index (κ3) is 3.69. The number of primary amides is 1. The molecule has 4 atom stereocenters. The summed E-state index contributed by atoms with van der Waals surface area (Å²) in [4.78, 5) is 42.6. The summed E-state index contributed by atoms with van der Waals surface area (Å²) in [6.45, 7) is 0. The number of amides is 1. The number of likely N-dealkylation sites (N-methyl/N-ethyl adjacent to an activating group) is 1. The lowest BCUT2D eigenvalue weighted by atomic mass is 9.57. The number of aliphatic hydroxyl groups excluding tert-OH is 2. The van der Waals surface area contributed by atoms with Gasteiger partial charge in [-0.15, -0.1) is 0 Å². The fourth-order valence-corrected chi connectivity index (χ4v) is 6.33. The van der Waals surface area contributed by atoms with Crippen molar-refractivity contribution in [2.24, 2.45) is 17.6 Å². The molecular formula is C27H29BN3O8. The fraction of sp³-hybridized carbons (Fsp3) is 0.370. The first-order valence-corrected chi connectivity index (χ1v) is 12.1. The normalized spacial score (nSPS) is 26.2. The number of nitrogens with zero attached hydrogens (tertiary/aromatic N) is 2. The van der Waals surface area contributed by atoms with E-state index in [2.05, 4.69) is 0 Å². The number of anilines is 1. The Hall–Kier alpha value is -4.03. The van der Waals surface area contributed by atoms with Gasteiger partial charge >= 0.3 is 0 Å². The number of hydrogen-bond donors (Lipinski definition) is 5. The second-order valence-electron chi connectivity index (χ2n) is 10.5. The van der Waals surface area contributed by atoms with Crippen molar-refractivity contribution >= 4 is 37.3 Å². The molecule has 11 nitrogen and oxygen atoms in total. The molecule has 0 spiro atoms. The van der Waals surface area contributed by atoms with Crippen molar-refractivity contribution in [1.82, 2.24) is 4.90 Å². The molecule has 0 unspecified atom stereocenters. The van der Waals surface area contributed by atoms with Crippen LogP contribution < -0.4 is 10.6 Å². The Bertz CT molecular complexity index is 1460. The number of rotatable bonds is 4. The molecule has 0 saturated heterocycles. The van der Waals surface area contributed by atoms with Crippen molar-refractivity contribution in [3.05, 3.63) is 52.7 Å². The number of phenols is 1. The number of hydrogen-bond acceptors (Lipinski definition) is 10. The summed E-state index contributed by atoms with van der Waals surface area (Å²) in [5, 5.41) is 45.5. The van der Waals surface area contributed by atoms with E-state index >= 15 is 0 Å². The standard InChI is InChI=1S/C27H29N3O8.B/c1-29(2)16-9-13(11-5-6-38-10-11)21(31)18-14(16)7-12-8-15-20(30(3)4)23(33)19(26(28)36)25(35)27(15,37)24(34)17(12)22(18)32;/h5-6,9-10,12,15,20,31-32,35,37H,7-8H2,1-4H3,(H2,28,36);/t12-,15-,20-,27-;/m0./s1. The number of Topliss-reactive ketones (excluding diaryl/α,β-unsaturated/α-hetero) is 2. The average Bonchev–Trinajstić information content (AvgIpc) is 3.35. The van der Waals surface area contributed by atoms with Crippen LogP contribution in [0.25, 0.3) is 16.9 Å². The predicted molar refractivity (Wildman–Crippen MR) is 142 cm³/mol. The van der Waals surface area contributed by atoms with Crippen LogP contribution in [0.15, 0.2) is 46.0 Å². The molecule has 3 aliphatic rings. The molecule has 0 aliphatic heterocycles. The van der Waals surface area contributed by atoms with Gasteiger partial charge in [0.1, 0.15) is 22.8 Å². The molecule has 1 saturated carbocycles. The molecule has 39 heavy (non-hydrogen) atoms. The van der Waals surface area contributed by atoms with Crippen molar-refractivity contribution in [2.75, 3.05) is 33.1 Å². The number of furan rings is 1. The van der Waals surface area contributed by atoms with Gasteiger partial charge in [0, 0.05) is 50.8 Å². The molecule has 6 N–H and O–H groups in total. The average molecular weight is 534 g/mol. The minimum atomic E-state index is -2.67. The van der Waals surface area contributed by atoms with Gasteiger partial charge in [0.25, 0.3) is 5.91 Å². The lowest BCUT2D eigenvalue weighted by Crippen LogP contribution is -2.65. The third-order valence-electron chi connectivity index (χ3n) is 8.01. The highest BCUT2D eigenvalue weighted by Gasteiger charge is 2.64. The first kappa shape index (κ1) is 28.0. The summed E-state index contributed by atoms with van der Waals surface area (Å²) in [6, 6.07) is 2.28. The summed E-state index contributed by atoms with van der Waals surface area (Å²) in [5.41, 5.74) is 3.88. The smallest absolute Gasteiger partial charge is 0.255 e. The number of fused-ring (bicyclic) bond motifs is 3. The van der Waals surface area contributed by atoms with E-state index in [1.807, 2.05) is 19.0 Å². The zero-order chi connectivity index (χ0) is 27.8. The lowest BCUT2D eigenvalue weighted by molar-refractivity contribution is -0.153. The summed E-state index contributed by atoms with van der Waals surface area (Å²) in [6.07, 6.45) is 3.11. The number of phenolic OH excluding ortho intramolecular Hbond substituents is 1. The number of ketones is 2. The zero-order valence-corrected chi connectivity index (χ0v) is 21.9. The van der Waals surface area contributed by atoms with Crippen LogP contribution in [0.4, 0.5) is 5.69 Å². The van der Waals surface area contributed by atoms with Gasteiger partial charge < -0.3 is 35.5 Å². The van der Waals surface area contributed by atoms with Gasteiger partial charge in [0.2, 0.25) is 5.78 Å². The first-order valence-electron chi connectivity index (χ1n) is 12.1. The molecule has 1 aromatic carbocycles. The molecule has 1 heterocycles. The van der Waals surface area contributed by atoms with Crippen LogP contribution in [-0.4, -0.2) is 91.0 Å². The predicted octanol–water partition coefficient (Wildman–Crippen LogP) is 0.909. The third-order valence-corrected chi connectivity index (χ3v) is 8.01. The van der Waals surface area contributed by atoms with Crippen LogP contribution in [-0.2, 0) is 20.8 Å². The molecule has 1 amide bonds. The topological polar surface area (TPSA) is 178 Å². The van der Waals surface area contributed by atoms with Crippen LogP contribution in [0, 0.1) is 11.8 Å². The van der Waals surface area contributed by atoms with Gasteiger partial charge in [0.05, 0.1) is 24.1 Å². The largest absolute Gasteiger partial charge is 0.508 e. The zero-order valence-electron chi connectivity index (χ0n) is 21.9. The summed E-state index contributed by atoms with van der Waals surface area (Å²) in [5.74, 6) is -6.79. The van der Waals surface area contributed by atoms with E-state index in [-0.39, 0.29) is 38.1 Å². The number of aromatic hydroxyl groups is 1. The highest BCUT2D eigenvalue weighted by atomic mass is 16.3. The van der Waals surface area contributed by atoms with Crippen molar-refractivity contribution < 1.29 is 39.2 Å². The van der Waals surface area contributed by atoms with E-state index in [1.54, 1.807) is 26.2 Å². The molecule has 12 heteroatoms. The Morgan fingerprint density at radius 3 is 2.36 bits per heavy atom. The summed E-state index contributed by atoms with van der Waals surface area (Å²) in [7, 11) is 6.74. The highest BCUT2D eigenvalue weighted by molar-refractivity contribution is 6.24. The SMILES string of the molecule is CN(C)c1cc(-c2ccoc2)c(O)c2c1C[C@H]1C[C@H]3[C@H](N(C)C)C(=O)C(C(N)=O)=C(O)[C@@]3(O)C(=O)C1=C2O.[B]. The van der Waals surface area contributed by atoms with Gasteiger partial charge in [0.15, 0.2) is 11.4 Å². The van der Waals surface area contributed by atoms with Gasteiger partial charge in [-0.3, -0.25) is 19.3 Å². The Morgan fingerprint density at radius 2 is 1.82 bits per heavy atom. The van der Waals surface area contributed by atoms with Gasteiger partial charge in [-0.2, -0.15) is 0 Å². The van der Waals surface area contributed by atoms with Gasteiger partial charge in [-0.05, 0) is 50.6 Å². The first-order chi connectivity index (χ1) is 17.8. The van der Waals surface area contributed by atoms with E-state index in [9.17, 15) is 34.8 Å². The second-order valence-corrected chi connectivity index (χ2v) is 10.5. The Kier molecular flexibility index (Phi) is 6.69. The van der Waals surface area contributed by atoms with Crippen LogP contribution in [0.2, 0.25) is 0 Å². The Morgan fingerprint density at radius 1 is 1.15 bits per heavy atom. The highest BCUT2D eigenvalue weighted by Crippen LogP contribution is 2.54. The van der Waals surface area contributed by atoms with E-state index < -0.39 is 58.0 Å². The van der Waals surface area contributed by atoms with Crippen LogP contribution in [0.1, 0.15) is 17.5 Å². The molecule has 203 valence electrons. The molecule has 2 aromatic rings. The molecule has 3 aliphatic carbocycles. The number of carbonyl (C=O) groups is 3. The van der Waals surface area contributed by atoms with Crippen molar-refractivity contribution in [3.63, 3.8) is 0 Å².